The number of nitrogens with zero attached hydrogens (tertiary/aromatic N) is 1. The average molecular weight is 279 g/mol. The Morgan fingerprint density at radius 3 is 2.45 bits per heavy atom. The van der Waals surface area contributed by atoms with E-state index >= 15 is 0 Å². The number of amides is 1. The monoisotopic (exact) mass is 279 g/mol. The second-order valence-electron chi connectivity index (χ2n) is 5.92. The number of rotatable bonds is 7. The number of H-pyrrole nitrogens is 1. The lowest BCUT2D eigenvalue weighted by molar-refractivity contribution is 0.0920. The van der Waals surface area contributed by atoms with E-state index in [1.54, 1.807) is 12.3 Å². The summed E-state index contributed by atoms with van der Waals surface area (Å²) >= 11 is 0. The third-order valence-electron chi connectivity index (χ3n) is 3.01. The average Bonchev–Trinajstić information content (AvgIpc) is 2.75. The number of hydrogen-bond donors (Lipinski definition) is 2. The minimum atomic E-state index is -0.162. The van der Waals surface area contributed by atoms with Crippen molar-refractivity contribution in [1.82, 2.24) is 15.2 Å². The molecule has 0 spiro atoms. The molecule has 0 aliphatic heterocycles. The van der Waals surface area contributed by atoms with Crippen LogP contribution in [0.25, 0.3) is 0 Å². The molecule has 1 heterocycles. The normalized spacial score (nSPS) is 12.8. The lowest BCUT2D eigenvalue weighted by atomic mass is 10.0. The molecule has 0 fully saturated rings. The summed E-state index contributed by atoms with van der Waals surface area (Å²) < 4.78 is 0. The van der Waals surface area contributed by atoms with Crippen molar-refractivity contribution in [1.29, 1.82) is 0 Å². The minimum Gasteiger partial charge on any atom is -0.356 e. The highest BCUT2D eigenvalue weighted by Gasteiger charge is 2.17. The van der Waals surface area contributed by atoms with Crippen molar-refractivity contribution >= 4 is 11.7 Å². The quantitative estimate of drug-likeness (QED) is 0.749. The standard InChI is InChI=1S/C15H25N3O2/c1-10(2)6-13(9-18(4)5)17-15(20)14-7-12(8-16-14)11(3)19/h7-8,10,13,16H,6,9H2,1-5H3,(H,17,20). The maximum Gasteiger partial charge on any atom is 0.267 e. The zero-order chi connectivity index (χ0) is 15.3. The smallest absolute Gasteiger partial charge is 0.267 e. The van der Waals surface area contributed by atoms with Crippen molar-refractivity contribution in [2.24, 2.45) is 5.92 Å². The van der Waals surface area contributed by atoms with Gasteiger partial charge < -0.3 is 15.2 Å². The van der Waals surface area contributed by atoms with Gasteiger partial charge in [-0.25, -0.2) is 0 Å². The minimum absolute atomic E-state index is 0.0488. The predicted octanol–water partition coefficient (Wildman–Crippen LogP) is 1.92. The SMILES string of the molecule is CC(=O)c1c[nH]c(C(=O)NC(CC(C)C)CN(C)C)c1. The third kappa shape index (κ3) is 5.17. The van der Waals surface area contributed by atoms with Gasteiger partial charge in [0.1, 0.15) is 5.69 Å². The van der Waals surface area contributed by atoms with Gasteiger partial charge in [0.05, 0.1) is 0 Å². The van der Waals surface area contributed by atoms with Gasteiger partial charge in [-0.3, -0.25) is 9.59 Å². The molecule has 1 atom stereocenters. The van der Waals surface area contributed by atoms with E-state index in [1.165, 1.54) is 6.92 Å². The van der Waals surface area contributed by atoms with Crippen molar-refractivity contribution in [2.45, 2.75) is 33.2 Å². The van der Waals surface area contributed by atoms with Gasteiger partial charge in [0.2, 0.25) is 0 Å². The van der Waals surface area contributed by atoms with Gasteiger partial charge in [0.25, 0.3) is 5.91 Å². The lowest BCUT2D eigenvalue weighted by Crippen LogP contribution is -2.42. The van der Waals surface area contributed by atoms with Gasteiger partial charge in [0.15, 0.2) is 5.78 Å². The van der Waals surface area contributed by atoms with Crippen LogP contribution >= 0.6 is 0 Å². The highest BCUT2D eigenvalue weighted by Crippen LogP contribution is 2.08. The van der Waals surface area contributed by atoms with Gasteiger partial charge in [-0.1, -0.05) is 13.8 Å². The molecule has 1 aromatic heterocycles. The van der Waals surface area contributed by atoms with Crippen molar-refractivity contribution in [3.8, 4) is 0 Å². The Hall–Kier alpha value is -1.62. The number of aromatic nitrogens is 1. The number of hydrogen-bond acceptors (Lipinski definition) is 3. The van der Waals surface area contributed by atoms with Gasteiger partial charge in [-0.15, -0.1) is 0 Å². The first kappa shape index (κ1) is 16.4. The van der Waals surface area contributed by atoms with Crippen LogP contribution in [0, 0.1) is 5.92 Å². The summed E-state index contributed by atoms with van der Waals surface area (Å²) in [4.78, 5) is 28.3. The van der Waals surface area contributed by atoms with Crippen LogP contribution < -0.4 is 5.32 Å². The second-order valence-corrected chi connectivity index (χ2v) is 5.92. The van der Waals surface area contributed by atoms with E-state index in [0.29, 0.717) is 17.2 Å². The van der Waals surface area contributed by atoms with E-state index in [0.717, 1.165) is 13.0 Å². The molecule has 5 heteroatoms. The van der Waals surface area contributed by atoms with Crippen molar-refractivity contribution < 1.29 is 9.59 Å². The summed E-state index contributed by atoms with van der Waals surface area (Å²) in [6, 6.07) is 1.70. The first-order valence-corrected chi connectivity index (χ1v) is 6.94. The summed E-state index contributed by atoms with van der Waals surface area (Å²) in [6.45, 7) is 6.55. The fourth-order valence-corrected chi connectivity index (χ4v) is 2.18. The summed E-state index contributed by atoms with van der Waals surface area (Å²) in [6.07, 6.45) is 2.49. The first-order chi connectivity index (χ1) is 9.29. The Kier molecular flexibility index (Phi) is 5.95. The van der Waals surface area contributed by atoms with Gasteiger partial charge in [-0.05, 0) is 39.4 Å². The molecule has 0 aliphatic carbocycles. The van der Waals surface area contributed by atoms with Crippen LogP contribution in [-0.2, 0) is 0 Å². The number of carbonyl (C=O) groups excluding carboxylic acids is 2. The topological polar surface area (TPSA) is 65.2 Å². The Morgan fingerprint density at radius 2 is 2.00 bits per heavy atom. The van der Waals surface area contributed by atoms with E-state index in [-0.39, 0.29) is 17.7 Å². The number of Topliss-reactive ketones (excluding diaryl/α,β-unsaturated/α-hetero) is 1. The Balaban J connectivity index is 2.70. The van der Waals surface area contributed by atoms with Crippen LogP contribution in [0.15, 0.2) is 12.3 Å². The van der Waals surface area contributed by atoms with E-state index < -0.39 is 0 Å². The van der Waals surface area contributed by atoms with Crippen LogP contribution in [0.4, 0.5) is 0 Å². The molecule has 20 heavy (non-hydrogen) atoms. The van der Waals surface area contributed by atoms with E-state index in [9.17, 15) is 9.59 Å². The number of ketones is 1. The third-order valence-corrected chi connectivity index (χ3v) is 3.01. The number of likely N-dealkylation sites (N-methyl/N-ethyl adjacent to an activating group) is 1. The second kappa shape index (κ2) is 7.24. The molecule has 1 unspecified atom stereocenters. The Labute approximate surface area is 120 Å². The fraction of sp³-hybridized carbons (Fsp3) is 0.600. The lowest BCUT2D eigenvalue weighted by Gasteiger charge is -2.23. The summed E-state index contributed by atoms with van der Waals surface area (Å²) in [5.74, 6) is 0.300. The number of aromatic amines is 1. The maximum absolute atomic E-state index is 12.2. The maximum atomic E-state index is 12.2. The van der Waals surface area contributed by atoms with Gasteiger partial charge in [-0.2, -0.15) is 0 Å². The molecular weight excluding hydrogens is 254 g/mol. The zero-order valence-electron chi connectivity index (χ0n) is 13.0. The number of carbonyl (C=O) groups is 2. The molecule has 112 valence electrons. The summed E-state index contributed by atoms with van der Waals surface area (Å²) in [5.41, 5.74) is 0.964. The van der Waals surface area contributed by atoms with E-state index in [4.69, 9.17) is 0 Å². The molecule has 0 saturated heterocycles. The predicted molar refractivity (Wildman–Crippen MR) is 80.1 cm³/mol. The van der Waals surface area contributed by atoms with Crippen molar-refractivity contribution in [2.75, 3.05) is 20.6 Å². The molecule has 5 nitrogen and oxygen atoms in total. The molecule has 0 aromatic carbocycles. The van der Waals surface area contributed by atoms with Crippen molar-refractivity contribution in [3.63, 3.8) is 0 Å². The molecule has 0 radical (unpaired) electrons. The first-order valence-electron chi connectivity index (χ1n) is 6.94. The zero-order valence-corrected chi connectivity index (χ0v) is 13.0. The fourth-order valence-electron chi connectivity index (χ4n) is 2.18. The van der Waals surface area contributed by atoms with Gasteiger partial charge >= 0.3 is 0 Å². The molecule has 0 bridgehead atoms. The molecule has 1 aromatic rings. The van der Waals surface area contributed by atoms with Crippen LogP contribution in [-0.4, -0.2) is 48.3 Å². The van der Waals surface area contributed by atoms with Crippen LogP contribution in [0.1, 0.15) is 48.0 Å². The van der Waals surface area contributed by atoms with Gasteiger partial charge in [0, 0.05) is 24.3 Å². The van der Waals surface area contributed by atoms with Crippen LogP contribution in [0.2, 0.25) is 0 Å². The van der Waals surface area contributed by atoms with Crippen LogP contribution in [0.3, 0.4) is 0 Å². The van der Waals surface area contributed by atoms with E-state index in [2.05, 4.69) is 29.0 Å². The molecular formula is C15H25N3O2. The summed E-state index contributed by atoms with van der Waals surface area (Å²) in [7, 11) is 3.98. The Bertz CT molecular complexity index is 453. The Morgan fingerprint density at radius 1 is 1.35 bits per heavy atom. The molecule has 0 aliphatic rings. The highest BCUT2D eigenvalue weighted by atomic mass is 16.2. The molecule has 0 saturated carbocycles. The van der Waals surface area contributed by atoms with Crippen LogP contribution in [0.5, 0.6) is 0 Å². The molecule has 1 rings (SSSR count). The largest absolute Gasteiger partial charge is 0.356 e. The summed E-state index contributed by atoms with van der Waals surface area (Å²) in [5, 5.41) is 3.03. The van der Waals surface area contributed by atoms with Crippen molar-refractivity contribution in [3.05, 3.63) is 23.5 Å². The number of nitrogens with one attached hydrogen (secondary N) is 2. The molecule has 2 N–H and O–H groups in total. The van der Waals surface area contributed by atoms with E-state index in [1.807, 2.05) is 14.1 Å². The molecule has 1 amide bonds. The highest BCUT2D eigenvalue weighted by molar-refractivity contribution is 5.99.